The predicted molar refractivity (Wildman–Crippen MR) is 70.4 cm³/mol. The van der Waals surface area contributed by atoms with Crippen molar-refractivity contribution in [3.8, 4) is 0 Å². The van der Waals surface area contributed by atoms with Crippen molar-refractivity contribution < 1.29 is 14.7 Å². The highest BCUT2D eigenvalue weighted by Gasteiger charge is 2.15. The molecule has 0 aromatic heterocycles. The van der Waals surface area contributed by atoms with Gasteiger partial charge in [-0.3, -0.25) is 15.0 Å². The lowest BCUT2D eigenvalue weighted by Gasteiger charge is -2.13. The molecule has 0 bridgehead atoms. The molecule has 0 saturated carbocycles. The Labute approximate surface area is 111 Å². The highest BCUT2D eigenvalue weighted by Crippen LogP contribution is 1.94. The number of carbonyl (C=O) groups excluding carboxylic acids is 1. The van der Waals surface area contributed by atoms with Crippen LogP contribution in [0, 0.1) is 5.41 Å². The standard InChI is InChI=1S/C10H22N6O3/c11-6(2-1-4-16-10(13)14)8(17)15-5-3-7(12)9(18)19/h6-7H,1-5,11-12H2,(H,15,17)(H,18,19)(H4,13,14,16). The largest absolute Gasteiger partial charge is 0.480 e. The number of guanidine groups is 1. The molecule has 2 unspecified atom stereocenters. The molecule has 9 heteroatoms. The minimum Gasteiger partial charge on any atom is -0.480 e. The zero-order valence-electron chi connectivity index (χ0n) is 10.7. The maximum Gasteiger partial charge on any atom is 0.320 e. The van der Waals surface area contributed by atoms with Crippen molar-refractivity contribution in [3.63, 3.8) is 0 Å². The molecule has 0 fully saturated rings. The van der Waals surface area contributed by atoms with Crippen LogP contribution in [0.5, 0.6) is 0 Å². The van der Waals surface area contributed by atoms with Crippen molar-refractivity contribution in [1.29, 1.82) is 5.41 Å². The van der Waals surface area contributed by atoms with Gasteiger partial charge in [0, 0.05) is 13.1 Å². The van der Waals surface area contributed by atoms with Crippen LogP contribution in [-0.4, -0.2) is 48.1 Å². The Morgan fingerprint density at radius 2 is 1.74 bits per heavy atom. The molecule has 110 valence electrons. The van der Waals surface area contributed by atoms with Gasteiger partial charge in [-0.15, -0.1) is 0 Å². The number of hydrogen-bond donors (Lipinski definition) is 7. The number of amides is 1. The molecule has 1 amide bonds. The van der Waals surface area contributed by atoms with Gasteiger partial charge in [-0.1, -0.05) is 0 Å². The molecule has 10 N–H and O–H groups in total. The monoisotopic (exact) mass is 274 g/mol. The van der Waals surface area contributed by atoms with Crippen LogP contribution < -0.4 is 27.8 Å². The highest BCUT2D eigenvalue weighted by molar-refractivity contribution is 5.81. The van der Waals surface area contributed by atoms with E-state index in [1.807, 2.05) is 0 Å². The van der Waals surface area contributed by atoms with E-state index in [1.54, 1.807) is 0 Å². The number of carboxylic acid groups (broad SMARTS) is 1. The van der Waals surface area contributed by atoms with Gasteiger partial charge in [-0.05, 0) is 19.3 Å². The second kappa shape index (κ2) is 9.11. The van der Waals surface area contributed by atoms with Gasteiger partial charge in [0.2, 0.25) is 5.91 Å². The second-order valence-corrected chi connectivity index (χ2v) is 4.11. The molecule has 0 aromatic carbocycles. The first-order chi connectivity index (χ1) is 8.84. The lowest BCUT2D eigenvalue weighted by atomic mass is 10.1. The summed E-state index contributed by atoms with van der Waals surface area (Å²) in [7, 11) is 0. The molecule has 0 heterocycles. The van der Waals surface area contributed by atoms with Crippen LogP contribution in [0.1, 0.15) is 19.3 Å². The van der Waals surface area contributed by atoms with E-state index in [0.717, 1.165) is 0 Å². The Bertz CT molecular complexity index is 322. The molecule has 0 aromatic rings. The van der Waals surface area contributed by atoms with E-state index in [4.69, 9.17) is 27.7 Å². The van der Waals surface area contributed by atoms with E-state index in [9.17, 15) is 9.59 Å². The van der Waals surface area contributed by atoms with Crippen molar-refractivity contribution in [1.82, 2.24) is 10.6 Å². The van der Waals surface area contributed by atoms with Crippen LogP contribution in [0.2, 0.25) is 0 Å². The van der Waals surface area contributed by atoms with Gasteiger partial charge < -0.3 is 32.9 Å². The quantitative estimate of drug-likeness (QED) is 0.138. The second-order valence-electron chi connectivity index (χ2n) is 4.11. The predicted octanol–water partition coefficient (Wildman–Crippen LogP) is -2.50. The van der Waals surface area contributed by atoms with Crippen LogP contribution in [0.25, 0.3) is 0 Å². The zero-order valence-corrected chi connectivity index (χ0v) is 10.7. The van der Waals surface area contributed by atoms with Crippen LogP contribution in [0.4, 0.5) is 0 Å². The smallest absolute Gasteiger partial charge is 0.320 e. The third-order valence-electron chi connectivity index (χ3n) is 2.42. The molecule has 0 aliphatic rings. The van der Waals surface area contributed by atoms with Crippen LogP contribution in [-0.2, 0) is 9.59 Å². The number of aliphatic carboxylic acids is 1. The van der Waals surface area contributed by atoms with E-state index in [-0.39, 0.29) is 24.8 Å². The van der Waals surface area contributed by atoms with Gasteiger partial charge in [-0.2, -0.15) is 0 Å². The minimum atomic E-state index is -1.10. The maximum absolute atomic E-state index is 11.5. The van der Waals surface area contributed by atoms with Crippen molar-refractivity contribution in [2.45, 2.75) is 31.3 Å². The Morgan fingerprint density at radius 1 is 1.11 bits per heavy atom. The van der Waals surface area contributed by atoms with Crippen molar-refractivity contribution >= 4 is 17.8 Å². The maximum atomic E-state index is 11.5. The van der Waals surface area contributed by atoms with Gasteiger partial charge in [0.15, 0.2) is 5.96 Å². The van der Waals surface area contributed by atoms with Gasteiger partial charge in [-0.25, -0.2) is 0 Å². The lowest BCUT2D eigenvalue weighted by Crippen LogP contribution is -2.43. The number of carboxylic acids is 1. The molecular weight excluding hydrogens is 252 g/mol. The Balaban J connectivity index is 3.70. The summed E-state index contributed by atoms with van der Waals surface area (Å²) in [4.78, 5) is 22.0. The molecule has 0 aliphatic heterocycles. The number of nitrogens with one attached hydrogen (secondary N) is 3. The Hall–Kier alpha value is -1.87. The van der Waals surface area contributed by atoms with E-state index in [1.165, 1.54) is 0 Å². The average molecular weight is 274 g/mol. The fraction of sp³-hybridized carbons (Fsp3) is 0.700. The summed E-state index contributed by atoms with van der Waals surface area (Å²) >= 11 is 0. The molecule has 0 radical (unpaired) electrons. The summed E-state index contributed by atoms with van der Waals surface area (Å²) in [5.41, 5.74) is 16.0. The molecule has 2 atom stereocenters. The van der Waals surface area contributed by atoms with Gasteiger partial charge >= 0.3 is 5.97 Å². The minimum absolute atomic E-state index is 0.124. The van der Waals surface area contributed by atoms with Gasteiger partial charge in [0.05, 0.1) is 6.04 Å². The summed E-state index contributed by atoms with van der Waals surface area (Å²) in [5, 5.41) is 20.6. The van der Waals surface area contributed by atoms with Crippen LogP contribution >= 0.6 is 0 Å². The SMILES string of the molecule is N=C(N)NCCCC(N)C(=O)NCCC(N)C(=O)O. The van der Waals surface area contributed by atoms with E-state index >= 15 is 0 Å². The molecule has 0 rings (SSSR count). The molecule has 9 nitrogen and oxygen atoms in total. The van der Waals surface area contributed by atoms with Crippen molar-refractivity contribution in [2.75, 3.05) is 13.1 Å². The molecule has 0 spiro atoms. The fourth-order valence-electron chi connectivity index (χ4n) is 1.28. The third-order valence-corrected chi connectivity index (χ3v) is 2.42. The molecule has 0 aliphatic carbocycles. The zero-order chi connectivity index (χ0) is 14.8. The Kier molecular flexibility index (Phi) is 8.22. The molecular formula is C10H22N6O3. The first-order valence-corrected chi connectivity index (χ1v) is 5.94. The number of nitrogens with two attached hydrogens (primary N) is 3. The van der Waals surface area contributed by atoms with Gasteiger partial charge in [0.1, 0.15) is 6.04 Å². The van der Waals surface area contributed by atoms with Crippen molar-refractivity contribution in [3.05, 3.63) is 0 Å². The summed E-state index contributed by atoms with van der Waals surface area (Å²) < 4.78 is 0. The van der Waals surface area contributed by atoms with E-state index in [0.29, 0.717) is 19.4 Å². The van der Waals surface area contributed by atoms with E-state index in [2.05, 4.69) is 10.6 Å². The fourth-order valence-corrected chi connectivity index (χ4v) is 1.28. The first-order valence-electron chi connectivity index (χ1n) is 5.94. The summed E-state index contributed by atoms with van der Waals surface area (Å²) in [5.74, 6) is -1.57. The topological polar surface area (TPSA) is 180 Å². The summed E-state index contributed by atoms with van der Waals surface area (Å²) in [6.45, 7) is 0.645. The summed E-state index contributed by atoms with van der Waals surface area (Å²) in [6, 6.07) is -1.66. The highest BCUT2D eigenvalue weighted by atomic mass is 16.4. The number of carbonyl (C=O) groups is 2. The van der Waals surface area contributed by atoms with Gasteiger partial charge in [0.25, 0.3) is 0 Å². The summed E-state index contributed by atoms with van der Waals surface area (Å²) in [6.07, 6.45) is 1.19. The third kappa shape index (κ3) is 8.80. The number of hydrogen-bond acceptors (Lipinski definition) is 5. The average Bonchev–Trinajstić information content (AvgIpc) is 2.33. The molecule has 19 heavy (non-hydrogen) atoms. The first kappa shape index (κ1) is 17.1. The normalized spacial score (nSPS) is 13.4. The Morgan fingerprint density at radius 3 is 2.26 bits per heavy atom. The van der Waals surface area contributed by atoms with Crippen LogP contribution in [0.15, 0.2) is 0 Å². The lowest BCUT2D eigenvalue weighted by molar-refractivity contribution is -0.138. The number of rotatable bonds is 9. The van der Waals surface area contributed by atoms with E-state index < -0.39 is 18.1 Å². The molecule has 0 saturated heterocycles. The van der Waals surface area contributed by atoms with Crippen molar-refractivity contribution in [2.24, 2.45) is 17.2 Å². The van der Waals surface area contributed by atoms with Crippen LogP contribution in [0.3, 0.4) is 0 Å².